The van der Waals surface area contributed by atoms with Crippen molar-refractivity contribution in [2.24, 2.45) is 5.92 Å². The molecule has 0 saturated carbocycles. The molecule has 1 aliphatic heterocycles. The Morgan fingerprint density at radius 1 is 1.26 bits per heavy atom. The van der Waals surface area contributed by atoms with Crippen molar-refractivity contribution < 1.29 is 4.74 Å². The molecule has 1 heterocycles. The molecule has 2 unspecified atom stereocenters. The lowest BCUT2D eigenvalue weighted by Gasteiger charge is -2.24. The maximum Gasteiger partial charge on any atom is 0.123 e. The molecule has 1 N–H and O–H groups in total. The van der Waals surface area contributed by atoms with E-state index in [0.29, 0.717) is 12.1 Å². The van der Waals surface area contributed by atoms with E-state index in [1.807, 2.05) is 0 Å². The molecule has 1 aromatic rings. The van der Waals surface area contributed by atoms with Gasteiger partial charge >= 0.3 is 0 Å². The molecule has 0 bridgehead atoms. The number of hydrogen-bond acceptors (Lipinski definition) is 2. The number of nitrogens with one attached hydrogen (secondary N) is 1. The largest absolute Gasteiger partial charge is 0.488 e. The van der Waals surface area contributed by atoms with Crippen LogP contribution in [0.1, 0.15) is 45.6 Å². The van der Waals surface area contributed by atoms with Crippen molar-refractivity contribution in [2.45, 2.75) is 58.6 Å². The number of para-hydroxylation sites is 1. The Morgan fingerprint density at radius 2 is 2.05 bits per heavy atom. The second kappa shape index (κ2) is 6.95. The van der Waals surface area contributed by atoms with Crippen molar-refractivity contribution in [3.8, 4) is 5.75 Å². The lowest BCUT2D eigenvalue weighted by atomic mass is 9.97. The summed E-state index contributed by atoms with van der Waals surface area (Å²) in [5.41, 5.74) is 1.36. The molecule has 1 aromatic carbocycles. The monoisotopic (exact) mass is 261 g/mol. The van der Waals surface area contributed by atoms with Gasteiger partial charge in [-0.05, 0) is 30.5 Å². The summed E-state index contributed by atoms with van der Waals surface area (Å²) in [7, 11) is 0. The maximum absolute atomic E-state index is 6.12. The van der Waals surface area contributed by atoms with Crippen molar-refractivity contribution in [2.75, 3.05) is 6.54 Å². The highest BCUT2D eigenvalue weighted by Crippen LogP contribution is 2.30. The van der Waals surface area contributed by atoms with E-state index in [1.165, 1.54) is 24.8 Å². The number of fused-ring (bicyclic) bond motifs is 1. The van der Waals surface area contributed by atoms with Gasteiger partial charge in [0.25, 0.3) is 0 Å². The molecule has 0 radical (unpaired) electrons. The molecule has 1 aliphatic rings. The molecule has 2 nitrogen and oxygen atoms in total. The summed E-state index contributed by atoms with van der Waals surface area (Å²) in [5, 5.41) is 3.61. The van der Waals surface area contributed by atoms with Gasteiger partial charge in [-0.1, -0.05) is 51.8 Å². The van der Waals surface area contributed by atoms with E-state index in [-0.39, 0.29) is 0 Å². The van der Waals surface area contributed by atoms with Crippen molar-refractivity contribution in [3.05, 3.63) is 29.8 Å². The smallest absolute Gasteiger partial charge is 0.123 e. The molecule has 0 amide bonds. The highest BCUT2D eigenvalue weighted by Gasteiger charge is 2.29. The number of ether oxygens (including phenoxy) is 1. The second-order valence-electron chi connectivity index (χ2n) is 5.96. The average Bonchev–Trinajstić information content (AvgIpc) is 2.81. The Hall–Kier alpha value is -1.02. The third kappa shape index (κ3) is 3.97. The Balaban J connectivity index is 1.90. The van der Waals surface area contributed by atoms with Crippen LogP contribution in [0.15, 0.2) is 24.3 Å². The molecular formula is C17H27NO. The molecule has 2 rings (SSSR count). The zero-order valence-corrected chi connectivity index (χ0v) is 12.5. The zero-order valence-electron chi connectivity index (χ0n) is 12.5. The SMILES string of the molecule is CCNC(CCCC(C)C)C1Cc2ccccc2O1. The molecule has 19 heavy (non-hydrogen) atoms. The summed E-state index contributed by atoms with van der Waals surface area (Å²) in [6.07, 6.45) is 5.16. The average molecular weight is 261 g/mol. The van der Waals surface area contributed by atoms with Crippen LogP contribution in [0.5, 0.6) is 5.75 Å². The Morgan fingerprint density at radius 3 is 2.74 bits per heavy atom. The third-order valence-corrected chi connectivity index (χ3v) is 3.88. The molecule has 0 saturated heterocycles. The van der Waals surface area contributed by atoms with E-state index < -0.39 is 0 Å². The Kier molecular flexibility index (Phi) is 5.26. The first-order valence-electron chi connectivity index (χ1n) is 7.68. The fourth-order valence-corrected chi connectivity index (χ4v) is 2.86. The van der Waals surface area contributed by atoms with Crippen LogP contribution in [0.25, 0.3) is 0 Å². The fraction of sp³-hybridized carbons (Fsp3) is 0.647. The second-order valence-corrected chi connectivity index (χ2v) is 5.96. The number of benzene rings is 1. The minimum Gasteiger partial charge on any atom is -0.488 e. The van der Waals surface area contributed by atoms with Crippen LogP contribution in [0.4, 0.5) is 0 Å². The summed E-state index contributed by atoms with van der Waals surface area (Å²) < 4.78 is 6.12. The number of likely N-dealkylation sites (N-methyl/N-ethyl adjacent to an activating group) is 1. The van der Waals surface area contributed by atoms with Gasteiger partial charge in [-0.2, -0.15) is 0 Å². The van der Waals surface area contributed by atoms with Crippen LogP contribution >= 0.6 is 0 Å². The highest BCUT2D eigenvalue weighted by molar-refractivity contribution is 5.37. The van der Waals surface area contributed by atoms with Gasteiger partial charge in [-0.25, -0.2) is 0 Å². The lowest BCUT2D eigenvalue weighted by Crippen LogP contribution is -2.42. The van der Waals surface area contributed by atoms with Crippen LogP contribution in [-0.2, 0) is 6.42 Å². The topological polar surface area (TPSA) is 21.3 Å². The van der Waals surface area contributed by atoms with E-state index in [0.717, 1.165) is 24.6 Å². The minimum atomic E-state index is 0.310. The van der Waals surface area contributed by atoms with E-state index in [1.54, 1.807) is 0 Å². The normalized spacial score (nSPS) is 19.3. The summed E-state index contributed by atoms with van der Waals surface area (Å²) in [5.74, 6) is 1.88. The van der Waals surface area contributed by atoms with Crippen LogP contribution in [0, 0.1) is 5.92 Å². The minimum absolute atomic E-state index is 0.310. The van der Waals surface area contributed by atoms with Gasteiger partial charge < -0.3 is 10.1 Å². The van der Waals surface area contributed by atoms with Crippen molar-refractivity contribution in [1.82, 2.24) is 5.32 Å². The third-order valence-electron chi connectivity index (χ3n) is 3.88. The van der Waals surface area contributed by atoms with Gasteiger partial charge in [-0.15, -0.1) is 0 Å². The molecule has 106 valence electrons. The van der Waals surface area contributed by atoms with Gasteiger partial charge in [-0.3, -0.25) is 0 Å². The van der Waals surface area contributed by atoms with Crippen molar-refractivity contribution in [3.63, 3.8) is 0 Å². The molecule has 0 spiro atoms. The summed E-state index contributed by atoms with van der Waals surface area (Å²) in [6.45, 7) is 7.79. The Labute approximate surface area is 117 Å². The first-order chi connectivity index (χ1) is 9.20. The first kappa shape index (κ1) is 14.4. The quantitative estimate of drug-likeness (QED) is 0.806. The van der Waals surface area contributed by atoms with E-state index in [9.17, 15) is 0 Å². The maximum atomic E-state index is 6.12. The molecule has 0 aliphatic carbocycles. The van der Waals surface area contributed by atoms with Crippen molar-refractivity contribution >= 4 is 0 Å². The molecule has 0 aromatic heterocycles. The van der Waals surface area contributed by atoms with Gasteiger partial charge in [0.15, 0.2) is 0 Å². The summed E-state index contributed by atoms with van der Waals surface area (Å²) in [4.78, 5) is 0. The number of rotatable bonds is 7. The Bertz CT molecular complexity index is 364. The van der Waals surface area contributed by atoms with Gasteiger partial charge in [0.2, 0.25) is 0 Å². The van der Waals surface area contributed by atoms with Crippen LogP contribution < -0.4 is 10.1 Å². The van der Waals surface area contributed by atoms with Crippen LogP contribution in [0.2, 0.25) is 0 Å². The first-order valence-corrected chi connectivity index (χ1v) is 7.68. The predicted molar refractivity (Wildman–Crippen MR) is 80.7 cm³/mol. The summed E-state index contributed by atoms with van der Waals surface area (Å²) in [6, 6.07) is 8.92. The lowest BCUT2D eigenvalue weighted by molar-refractivity contribution is 0.170. The van der Waals surface area contributed by atoms with Gasteiger partial charge in [0.05, 0.1) is 0 Å². The van der Waals surface area contributed by atoms with Gasteiger partial charge in [0, 0.05) is 12.5 Å². The highest BCUT2D eigenvalue weighted by atomic mass is 16.5. The molecule has 2 atom stereocenters. The predicted octanol–water partition coefficient (Wildman–Crippen LogP) is 3.79. The van der Waals surface area contributed by atoms with E-state index in [2.05, 4.69) is 50.4 Å². The molecule has 0 fully saturated rings. The zero-order chi connectivity index (χ0) is 13.7. The fourth-order valence-electron chi connectivity index (χ4n) is 2.86. The number of hydrogen-bond donors (Lipinski definition) is 1. The van der Waals surface area contributed by atoms with Crippen LogP contribution in [-0.4, -0.2) is 18.7 Å². The standard InChI is InChI=1S/C17H27NO/c1-4-18-15(10-7-8-13(2)3)17-12-14-9-5-6-11-16(14)19-17/h5-6,9,11,13,15,17-18H,4,7-8,10,12H2,1-3H3. The van der Waals surface area contributed by atoms with Crippen molar-refractivity contribution in [1.29, 1.82) is 0 Å². The van der Waals surface area contributed by atoms with E-state index >= 15 is 0 Å². The van der Waals surface area contributed by atoms with Gasteiger partial charge in [0.1, 0.15) is 11.9 Å². The molecular weight excluding hydrogens is 234 g/mol. The van der Waals surface area contributed by atoms with Crippen LogP contribution in [0.3, 0.4) is 0 Å². The van der Waals surface area contributed by atoms with E-state index in [4.69, 9.17) is 4.74 Å². The summed E-state index contributed by atoms with van der Waals surface area (Å²) >= 11 is 0. The molecule has 2 heteroatoms.